The number of amides is 1. The average Bonchev–Trinajstić information content (AvgIpc) is 3.08. The second-order valence-corrected chi connectivity index (χ2v) is 5.72. The van der Waals surface area contributed by atoms with Crippen molar-refractivity contribution < 1.29 is 4.79 Å². The quantitative estimate of drug-likeness (QED) is 0.892. The Labute approximate surface area is 115 Å². The fraction of sp³-hybridized carbons (Fsp3) is 0.462. The molecule has 3 rings (SSSR count). The van der Waals surface area contributed by atoms with Crippen molar-refractivity contribution in [1.82, 2.24) is 20.5 Å². The lowest BCUT2D eigenvalue weighted by atomic mass is 9.87. The average molecular weight is 276 g/mol. The Morgan fingerprint density at radius 2 is 2.53 bits per heavy atom. The minimum Gasteiger partial charge on any atom is -0.355 e. The van der Waals surface area contributed by atoms with Gasteiger partial charge in [-0.3, -0.25) is 9.89 Å². The van der Waals surface area contributed by atoms with Crippen LogP contribution in [0.15, 0.2) is 17.8 Å². The molecule has 1 amide bonds. The van der Waals surface area contributed by atoms with Crippen LogP contribution in [0.5, 0.6) is 0 Å². The predicted molar refractivity (Wildman–Crippen MR) is 73.1 cm³/mol. The van der Waals surface area contributed by atoms with Gasteiger partial charge in [0.05, 0.1) is 5.92 Å². The van der Waals surface area contributed by atoms with E-state index in [1.165, 1.54) is 16.8 Å². The highest BCUT2D eigenvalue weighted by Crippen LogP contribution is 2.34. The van der Waals surface area contributed by atoms with Crippen LogP contribution in [0.4, 0.5) is 0 Å². The number of rotatable bonds is 4. The molecule has 2 aromatic heterocycles. The van der Waals surface area contributed by atoms with Crippen LogP contribution in [0.1, 0.15) is 35.0 Å². The maximum Gasteiger partial charge on any atom is 0.227 e. The van der Waals surface area contributed by atoms with E-state index in [0.717, 1.165) is 25.1 Å². The van der Waals surface area contributed by atoms with Crippen LogP contribution in [0.2, 0.25) is 0 Å². The van der Waals surface area contributed by atoms with Crippen LogP contribution in [0.25, 0.3) is 0 Å². The third kappa shape index (κ3) is 2.68. The molecule has 1 atom stereocenters. The largest absolute Gasteiger partial charge is 0.355 e. The Morgan fingerprint density at radius 3 is 3.37 bits per heavy atom. The second kappa shape index (κ2) is 5.52. The van der Waals surface area contributed by atoms with Gasteiger partial charge in [-0.15, -0.1) is 11.3 Å². The van der Waals surface area contributed by atoms with E-state index in [0.29, 0.717) is 13.0 Å². The third-order valence-corrected chi connectivity index (χ3v) is 4.49. The summed E-state index contributed by atoms with van der Waals surface area (Å²) < 4.78 is 0. The molecule has 2 aromatic rings. The summed E-state index contributed by atoms with van der Waals surface area (Å²) in [5, 5.41) is 11.7. The minimum absolute atomic E-state index is 0.0322. The summed E-state index contributed by atoms with van der Waals surface area (Å²) in [6, 6.07) is 2.10. The van der Waals surface area contributed by atoms with Gasteiger partial charge in [0.15, 0.2) is 0 Å². The van der Waals surface area contributed by atoms with Crippen molar-refractivity contribution in [3.05, 3.63) is 34.0 Å². The van der Waals surface area contributed by atoms with E-state index in [2.05, 4.69) is 31.9 Å². The lowest BCUT2D eigenvalue weighted by molar-refractivity contribution is -0.122. The second-order valence-electron chi connectivity index (χ2n) is 4.72. The Kier molecular flexibility index (Phi) is 3.59. The SMILES string of the molecule is O=C(NCCc1ncn[nH]1)C1CCCc2sccc21. The van der Waals surface area contributed by atoms with Crippen LogP contribution in [0, 0.1) is 0 Å². The number of nitrogens with one attached hydrogen (secondary N) is 2. The van der Waals surface area contributed by atoms with Gasteiger partial charge in [0.1, 0.15) is 12.2 Å². The number of aromatic nitrogens is 3. The molecule has 0 radical (unpaired) electrons. The van der Waals surface area contributed by atoms with E-state index in [4.69, 9.17) is 0 Å². The smallest absolute Gasteiger partial charge is 0.227 e. The Hall–Kier alpha value is -1.69. The molecule has 0 saturated carbocycles. The van der Waals surface area contributed by atoms with Gasteiger partial charge in [0, 0.05) is 17.8 Å². The summed E-state index contributed by atoms with van der Waals surface area (Å²) in [5.41, 5.74) is 1.23. The third-order valence-electron chi connectivity index (χ3n) is 3.49. The molecule has 2 N–H and O–H groups in total. The first-order valence-corrected chi connectivity index (χ1v) is 7.41. The number of fused-ring (bicyclic) bond motifs is 1. The van der Waals surface area contributed by atoms with Crippen molar-refractivity contribution in [2.75, 3.05) is 6.54 Å². The summed E-state index contributed by atoms with van der Waals surface area (Å²) in [6.45, 7) is 0.601. The van der Waals surface area contributed by atoms with E-state index in [1.54, 1.807) is 11.3 Å². The molecule has 100 valence electrons. The summed E-state index contributed by atoms with van der Waals surface area (Å²) in [7, 11) is 0. The summed E-state index contributed by atoms with van der Waals surface area (Å²) in [5.74, 6) is 0.976. The zero-order valence-corrected chi connectivity index (χ0v) is 11.4. The Balaban J connectivity index is 1.57. The number of aryl methyl sites for hydroxylation is 1. The maximum absolute atomic E-state index is 12.2. The molecule has 0 aromatic carbocycles. The van der Waals surface area contributed by atoms with E-state index in [-0.39, 0.29) is 11.8 Å². The number of nitrogens with zero attached hydrogens (tertiary/aromatic N) is 2. The van der Waals surface area contributed by atoms with Crippen LogP contribution >= 0.6 is 11.3 Å². The highest BCUT2D eigenvalue weighted by molar-refractivity contribution is 7.10. The van der Waals surface area contributed by atoms with Gasteiger partial charge in [-0.05, 0) is 36.3 Å². The molecular weight excluding hydrogens is 260 g/mol. The van der Waals surface area contributed by atoms with Crippen LogP contribution < -0.4 is 5.32 Å². The minimum atomic E-state index is 0.0322. The van der Waals surface area contributed by atoms with Crippen LogP contribution in [-0.4, -0.2) is 27.6 Å². The molecule has 1 aliphatic rings. The van der Waals surface area contributed by atoms with Gasteiger partial charge < -0.3 is 5.32 Å². The fourth-order valence-corrected chi connectivity index (χ4v) is 3.52. The normalized spacial score (nSPS) is 18.0. The van der Waals surface area contributed by atoms with Crippen molar-refractivity contribution in [2.24, 2.45) is 0 Å². The van der Waals surface area contributed by atoms with Crippen molar-refractivity contribution in [3.63, 3.8) is 0 Å². The molecule has 2 heterocycles. The molecule has 6 heteroatoms. The molecule has 0 aliphatic heterocycles. The van der Waals surface area contributed by atoms with Crippen LogP contribution in [-0.2, 0) is 17.6 Å². The summed E-state index contributed by atoms with van der Waals surface area (Å²) >= 11 is 1.77. The Bertz CT molecular complexity index is 549. The number of hydrogen-bond donors (Lipinski definition) is 2. The number of hydrogen-bond acceptors (Lipinski definition) is 4. The topological polar surface area (TPSA) is 70.7 Å². The number of carbonyl (C=O) groups excluding carboxylic acids is 1. The zero-order valence-electron chi connectivity index (χ0n) is 10.6. The first kappa shape index (κ1) is 12.3. The molecule has 19 heavy (non-hydrogen) atoms. The maximum atomic E-state index is 12.2. The molecule has 0 bridgehead atoms. The molecule has 5 nitrogen and oxygen atoms in total. The number of thiophene rings is 1. The molecule has 1 unspecified atom stereocenters. The Morgan fingerprint density at radius 1 is 1.58 bits per heavy atom. The van der Waals surface area contributed by atoms with Gasteiger partial charge in [-0.2, -0.15) is 5.10 Å². The first-order chi connectivity index (χ1) is 9.34. The highest BCUT2D eigenvalue weighted by atomic mass is 32.1. The van der Waals surface area contributed by atoms with Gasteiger partial charge in [-0.1, -0.05) is 0 Å². The zero-order chi connectivity index (χ0) is 13.1. The summed E-state index contributed by atoms with van der Waals surface area (Å²) in [4.78, 5) is 17.6. The van der Waals surface area contributed by atoms with E-state index in [1.807, 2.05) is 0 Å². The lowest BCUT2D eigenvalue weighted by Gasteiger charge is -2.21. The van der Waals surface area contributed by atoms with Crippen molar-refractivity contribution in [2.45, 2.75) is 31.6 Å². The molecule has 0 fully saturated rings. The number of aromatic amines is 1. The fourth-order valence-electron chi connectivity index (χ4n) is 2.54. The van der Waals surface area contributed by atoms with Gasteiger partial charge >= 0.3 is 0 Å². The van der Waals surface area contributed by atoms with Crippen LogP contribution in [0.3, 0.4) is 0 Å². The van der Waals surface area contributed by atoms with Crippen molar-refractivity contribution >= 4 is 17.2 Å². The molecule has 1 aliphatic carbocycles. The standard InChI is InChI=1S/C13H16N4OS/c18-13(14-6-4-12-15-8-16-17-12)10-2-1-3-11-9(10)5-7-19-11/h5,7-8,10H,1-4,6H2,(H,14,18)(H,15,16,17). The van der Waals surface area contributed by atoms with E-state index < -0.39 is 0 Å². The summed E-state index contributed by atoms with van der Waals surface area (Å²) in [6.07, 6.45) is 5.35. The van der Waals surface area contributed by atoms with Crippen molar-refractivity contribution in [3.8, 4) is 0 Å². The predicted octanol–water partition coefficient (Wildman–Crippen LogP) is 1.64. The van der Waals surface area contributed by atoms with E-state index in [9.17, 15) is 4.79 Å². The van der Waals surface area contributed by atoms with E-state index >= 15 is 0 Å². The lowest BCUT2D eigenvalue weighted by Crippen LogP contribution is -2.32. The van der Waals surface area contributed by atoms with Gasteiger partial charge in [0.2, 0.25) is 5.91 Å². The number of H-pyrrole nitrogens is 1. The van der Waals surface area contributed by atoms with Gasteiger partial charge in [-0.25, -0.2) is 4.98 Å². The molecule has 0 spiro atoms. The van der Waals surface area contributed by atoms with Crippen molar-refractivity contribution in [1.29, 1.82) is 0 Å². The highest BCUT2D eigenvalue weighted by Gasteiger charge is 2.26. The number of carbonyl (C=O) groups is 1. The van der Waals surface area contributed by atoms with Gasteiger partial charge in [0.25, 0.3) is 0 Å². The molecule has 0 saturated heterocycles. The first-order valence-electron chi connectivity index (χ1n) is 6.53. The monoisotopic (exact) mass is 276 g/mol. The molecular formula is C13H16N4OS.